The Balaban J connectivity index is 4.33. The third-order valence-electron chi connectivity index (χ3n) is 1.50. The molecule has 0 aliphatic rings. The monoisotopic (exact) mass is 349 g/mol. The van der Waals surface area contributed by atoms with Gasteiger partial charge < -0.3 is 5.32 Å². The van der Waals surface area contributed by atoms with E-state index in [1.165, 1.54) is 20.2 Å². The van der Waals surface area contributed by atoms with E-state index in [0.29, 0.717) is 11.9 Å². The molecule has 0 saturated heterocycles. The quantitative estimate of drug-likeness (QED) is 0.278. The molecule has 0 aliphatic carbocycles. The third kappa shape index (κ3) is 10.1. The van der Waals surface area contributed by atoms with Crippen LogP contribution in [0.25, 0.3) is 0 Å². The lowest BCUT2D eigenvalue weighted by Gasteiger charge is -2.20. The number of carbonyl (C=O) groups is 2. The molecule has 0 unspecified atom stereocenters. The molecule has 0 heterocycles. The molecule has 19 heavy (non-hydrogen) atoms. The highest BCUT2D eigenvalue weighted by molar-refractivity contribution is 8.03. The van der Waals surface area contributed by atoms with Crippen LogP contribution in [-0.2, 0) is 9.63 Å². The van der Waals surface area contributed by atoms with E-state index in [9.17, 15) is 9.59 Å². The normalized spacial score (nSPS) is 12.4. The van der Waals surface area contributed by atoms with Crippen molar-refractivity contribution in [2.45, 2.75) is 29.4 Å². The first kappa shape index (κ1) is 18.6. The van der Waals surface area contributed by atoms with Gasteiger partial charge in [-0.3, -0.25) is 9.63 Å². The number of nitrogens with one attached hydrogen (secondary N) is 1. The summed E-state index contributed by atoms with van der Waals surface area (Å²) in [5, 5.41) is 6.07. The van der Waals surface area contributed by atoms with Crippen LogP contribution >= 0.6 is 46.8 Å². The zero-order valence-electron chi connectivity index (χ0n) is 10.7. The number of rotatable bonds is 4. The molecule has 110 valence electrons. The number of alkyl halides is 3. The Bertz CT molecular complexity index is 371. The van der Waals surface area contributed by atoms with Gasteiger partial charge in [0.25, 0.3) is 3.12 Å². The largest absolute Gasteiger partial charge is 0.445 e. The second-order valence-corrected chi connectivity index (χ2v) is 8.33. The Hall–Kier alpha value is -0.370. The first-order valence-electron chi connectivity index (χ1n) is 4.97. The fraction of sp³-hybridized carbons (Fsp3) is 0.667. The molecule has 0 rings (SSSR count). The zero-order chi connectivity index (χ0) is 15.3. The number of nitrogens with zero attached hydrogens (tertiary/aromatic N) is 2. The SMILES string of the molecule is CC(=O)NC(C)(C)C=NOC(=O)N(C)SC(Cl)(Cl)Cl. The molecule has 0 aromatic rings. The van der Waals surface area contributed by atoms with Gasteiger partial charge in [0.2, 0.25) is 5.91 Å². The van der Waals surface area contributed by atoms with Gasteiger partial charge in [-0.1, -0.05) is 40.0 Å². The summed E-state index contributed by atoms with van der Waals surface area (Å²) in [6, 6.07) is 0. The van der Waals surface area contributed by atoms with E-state index < -0.39 is 14.8 Å². The van der Waals surface area contributed by atoms with Gasteiger partial charge >= 0.3 is 6.09 Å². The molecule has 1 N–H and O–H groups in total. The highest BCUT2D eigenvalue weighted by Crippen LogP contribution is 2.40. The van der Waals surface area contributed by atoms with Crippen LogP contribution in [0.2, 0.25) is 0 Å². The van der Waals surface area contributed by atoms with Crippen LogP contribution in [0.4, 0.5) is 4.79 Å². The van der Waals surface area contributed by atoms with Crippen LogP contribution in [-0.4, -0.2) is 38.2 Å². The highest BCUT2D eigenvalue weighted by Gasteiger charge is 2.27. The number of hydrogen-bond donors (Lipinski definition) is 1. The number of amides is 2. The Labute approximate surface area is 130 Å². The predicted octanol–water partition coefficient (Wildman–Crippen LogP) is 2.93. The minimum atomic E-state index is -1.67. The van der Waals surface area contributed by atoms with Crippen LogP contribution in [0.3, 0.4) is 0 Å². The van der Waals surface area contributed by atoms with Crippen molar-refractivity contribution in [1.82, 2.24) is 9.62 Å². The predicted molar refractivity (Wildman–Crippen MR) is 78.5 cm³/mol. The molecule has 10 heteroatoms. The summed E-state index contributed by atoms with van der Waals surface area (Å²) in [7, 11) is 1.36. The van der Waals surface area contributed by atoms with Crippen molar-refractivity contribution >= 4 is 65.0 Å². The summed E-state index contributed by atoms with van der Waals surface area (Å²) in [6.07, 6.45) is 0.464. The van der Waals surface area contributed by atoms with Crippen molar-refractivity contribution in [3.8, 4) is 0 Å². The molecule has 0 bridgehead atoms. The van der Waals surface area contributed by atoms with Crippen LogP contribution in [0.15, 0.2) is 5.16 Å². The second-order valence-electron chi connectivity index (χ2n) is 4.03. The maximum atomic E-state index is 11.4. The van der Waals surface area contributed by atoms with Gasteiger partial charge in [0.1, 0.15) is 0 Å². The van der Waals surface area contributed by atoms with Gasteiger partial charge in [-0.2, -0.15) is 0 Å². The standard InChI is InChI=1S/C9H14Cl3N3O3S/c1-6(16)14-8(2,3)5-13-18-7(17)15(4)19-9(10,11)12/h5H,1-4H3,(H,14,16). The molecular weight excluding hydrogens is 337 g/mol. The number of hydrogen-bond acceptors (Lipinski definition) is 5. The molecule has 6 nitrogen and oxygen atoms in total. The Kier molecular flexibility index (Phi) is 7.28. The maximum absolute atomic E-state index is 11.4. The fourth-order valence-corrected chi connectivity index (χ4v) is 2.29. The van der Waals surface area contributed by atoms with Crippen molar-refractivity contribution in [3.63, 3.8) is 0 Å². The molecule has 0 spiro atoms. The highest BCUT2D eigenvalue weighted by atomic mass is 35.6. The average molecular weight is 351 g/mol. The molecule has 0 aliphatic heterocycles. The van der Waals surface area contributed by atoms with Crippen molar-refractivity contribution in [1.29, 1.82) is 0 Å². The molecule has 0 saturated carbocycles. The summed E-state index contributed by atoms with van der Waals surface area (Å²) >= 11 is 17.1. The Morgan fingerprint density at radius 3 is 2.32 bits per heavy atom. The molecule has 0 aromatic carbocycles. The molecule has 2 amide bonds. The second kappa shape index (κ2) is 7.42. The maximum Gasteiger partial charge on any atom is 0.445 e. The topological polar surface area (TPSA) is 71.0 Å². The van der Waals surface area contributed by atoms with E-state index in [4.69, 9.17) is 34.8 Å². The summed E-state index contributed by atoms with van der Waals surface area (Å²) < 4.78 is -0.692. The van der Waals surface area contributed by atoms with Crippen LogP contribution in [0, 0.1) is 0 Å². The number of halogens is 3. The third-order valence-corrected chi connectivity index (χ3v) is 2.75. The summed E-state index contributed by atoms with van der Waals surface area (Å²) in [5.41, 5.74) is -0.743. The minimum absolute atomic E-state index is 0.230. The lowest BCUT2D eigenvalue weighted by Crippen LogP contribution is -2.43. The van der Waals surface area contributed by atoms with Crippen molar-refractivity contribution in [2.24, 2.45) is 5.16 Å². The van der Waals surface area contributed by atoms with Crippen LogP contribution < -0.4 is 5.32 Å². The molecular formula is C9H14Cl3N3O3S. The summed E-state index contributed by atoms with van der Waals surface area (Å²) in [4.78, 5) is 26.9. The van der Waals surface area contributed by atoms with E-state index in [0.717, 1.165) is 4.31 Å². The van der Waals surface area contributed by atoms with E-state index in [-0.39, 0.29) is 5.91 Å². The minimum Gasteiger partial charge on any atom is -0.346 e. The average Bonchev–Trinajstić information content (AvgIpc) is 2.11. The van der Waals surface area contributed by atoms with Crippen LogP contribution in [0.5, 0.6) is 0 Å². The Morgan fingerprint density at radius 1 is 1.37 bits per heavy atom. The van der Waals surface area contributed by atoms with Gasteiger partial charge in [0.15, 0.2) is 0 Å². The Morgan fingerprint density at radius 2 is 1.89 bits per heavy atom. The smallest absolute Gasteiger partial charge is 0.346 e. The lowest BCUT2D eigenvalue weighted by atomic mass is 10.1. The fourth-order valence-electron chi connectivity index (χ4n) is 0.939. The molecule has 0 atom stereocenters. The van der Waals surface area contributed by atoms with Crippen LogP contribution in [0.1, 0.15) is 20.8 Å². The molecule has 0 aromatic heterocycles. The van der Waals surface area contributed by atoms with Gasteiger partial charge in [0.05, 0.1) is 11.8 Å². The van der Waals surface area contributed by atoms with Crippen molar-refractivity contribution in [2.75, 3.05) is 7.05 Å². The lowest BCUT2D eigenvalue weighted by molar-refractivity contribution is -0.119. The molecule has 0 fully saturated rings. The molecule has 0 radical (unpaired) electrons. The van der Waals surface area contributed by atoms with Gasteiger partial charge in [-0.25, -0.2) is 9.10 Å². The van der Waals surface area contributed by atoms with Crippen molar-refractivity contribution in [3.05, 3.63) is 0 Å². The first-order chi connectivity index (χ1) is 8.43. The number of carbonyl (C=O) groups excluding carboxylic acids is 2. The summed E-state index contributed by atoms with van der Waals surface area (Å²) in [6.45, 7) is 4.74. The van der Waals surface area contributed by atoms with E-state index >= 15 is 0 Å². The van der Waals surface area contributed by atoms with Gasteiger partial charge in [-0.15, -0.1) is 0 Å². The zero-order valence-corrected chi connectivity index (χ0v) is 13.8. The summed E-state index contributed by atoms with van der Waals surface area (Å²) in [5.74, 6) is -0.230. The first-order valence-corrected chi connectivity index (χ1v) is 6.87. The van der Waals surface area contributed by atoms with Gasteiger partial charge in [0, 0.05) is 25.9 Å². The van der Waals surface area contributed by atoms with Gasteiger partial charge in [-0.05, 0) is 13.8 Å². The van der Waals surface area contributed by atoms with Crippen molar-refractivity contribution < 1.29 is 14.4 Å². The van der Waals surface area contributed by atoms with E-state index in [1.54, 1.807) is 13.8 Å². The van der Waals surface area contributed by atoms with E-state index in [2.05, 4.69) is 15.3 Å². The number of oxime groups is 1. The van der Waals surface area contributed by atoms with E-state index in [1.807, 2.05) is 0 Å².